The average Bonchev–Trinajstić information content (AvgIpc) is 2.15. The van der Waals surface area contributed by atoms with Crippen molar-refractivity contribution in [2.45, 2.75) is 6.04 Å². The first-order chi connectivity index (χ1) is 6.60. The number of hydrogen-bond acceptors (Lipinski definition) is 3. The molecule has 1 rings (SSSR count). The second-order valence-electron chi connectivity index (χ2n) is 2.62. The molecule has 1 aromatic carbocycles. The molecule has 0 bridgehead atoms. The topological polar surface area (TPSA) is 59.0 Å². The van der Waals surface area contributed by atoms with E-state index in [2.05, 4.69) is 0 Å². The van der Waals surface area contributed by atoms with Gasteiger partial charge in [-0.2, -0.15) is 5.26 Å². The van der Waals surface area contributed by atoms with Gasteiger partial charge < -0.3 is 10.5 Å². The molecule has 0 aliphatic carbocycles. The molecule has 1 atom stereocenters. The summed E-state index contributed by atoms with van der Waals surface area (Å²) in [5.41, 5.74) is 6.04. The Kier molecular flexibility index (Phi) is 3.59. The van der Waals surface area contributed by atoms with E-state index in [9.17, 15) is 0 Å². The molecule has 0 saturated carbocycles. The van der Waals surface area contributed by atoms with Gasteiger partial charge in [-0.25, -0.2) is 0 Å². The maximum atomic E-state index is 8.67. The van der Waals surface area contributed by atoms with Crippen LogP contribution in [0.25, 0.3) is 0 Å². The van der Waals surface area contributed by atoms with Gasteiger partial charge in [-0.1, -0.05) is 23.2 Å². The van der Waals surface area contributed by atoms with Crippen LogP contribution in [-0.4, -0.2) is 7.11 Å². The molecule has 2 N–H and O–H groups in total. The van der Waals surface area contributed by atoms with Crippen molar-refractivity contribution in [3.63, 3.8) is 0 Å². The number of nitriles is 1. The van der Waals surface area contributed by atoms with E-state index in [0.717, 1.165) is 0 Å². The van der Waals surface area contributed by atoms with E-state index >= 15 is 0 Å². The fourth-order valence-corrected chi connectivity index (χ4v) is 1.68. The Hall–Kier alpha value is -0.950. The van der Waals surface area contributed by atoms with Crippen LogP contribution in [0.2, 0.25) is 10.0 Å². The molecule has 0 aromatic heterocycles. The lowest BCUT2D eigenvalue weighted by Gasteiger charge is -2.11. The summed E-state index contributed by atoms with van der Waals surface area (Å²) in [4.78, 5) is 0. The van der Waals surface area contributed by atoms with Crippen molar-refractivity contribution in [1.82, 2.24) is 0 Å². The Morgan fingerprint density at radius 3 is 2.64 bits per heavy atom. The van der Waals surface area contributed by atoms with Crippen molar-refractivity contribution in [3.05, 3.63) is 27.7 Å². The third kappa shape index (κ3) is 2.10. The smallest absolute Gasteiger partial charge is 0.143 e. The van der Waals surface area contributed by atoms with Crippen molar-refractivity contribution in [3.8, 4) is 11.8 Å². The lowest BCUT2D eigenvalue weighted by atomic mass is 10.1. The molecule has 74 valence electrons. The van der Waals surface area contributed by atoms with Crippen molar-refractivity contribution < 1.29 is 4.74 Å². The lowest BCUT2D eigenvalue weighted by molar-refractivity contribution is 0.408. The second kappa shape index (κ2) is 4.52. The van der Waals surface area contributed by atoms with E-state index in [1.54, 1.807) is 6.07 Å². The van der Waals surface area contributed by atoms with Crippen molar-refractivity contribution in [2.24, 2.45) is 5.73 Å². The first-order valence-corrected chi connectivity index (χ1v) is 4.54. The van der Waals surface area contributed by atoms with Crippen LogP contribution in [0.15, 0.2) is 12.1 Å². The second-order valence-corrected chi connectivity index (χ2v) is 3.46. The number of benzene rings is 1. The van der Waals surface area contributed by atoms with E-state index in [0.29, 0.717) is 21.4 Å². The SMILES string of the molecule is COc1c(Cl)cc(Cl)cc1C(N)C#N. The number of nitrogens with two attached hydrogens (primary N) is 1. The molecule has 0 aliphatic rings. The maximum absolute atomic E-state index is 8.67. The van der Waals surface area contributed by atoms with Crippen LogP contribution >= 0.6 is 23.2 Å². The normalized spacial score (nSPS) is 11.9. The summed E-state index contributed by atoms with van der Waals surface area (Å²) in [6, 6.07) is 4.21. The summed E-state index contributed by atoms with van der Waals surface area (Å²) in [5, 5.41) is 9.45. The maximum Gasteiger partial charge on any atom is 0.143 e. The van der Waals surface area contributed by atoms with Gasteiger partial charge in [0.15, 0.2) is 0 Å². The van der Waals surface area contributed by atoms with E-state index < -0.39 is 6.04 Å². The number of halogens is 2. The zero-order chi connectivity index (χ0) is 10.7. The van der Waals surface area contributed by atoms with Crippen molar-refractivity contribution in [2.75, 3.05) is 7.11 Å². The van der Waals surface area contributed by atoms with Crippen molar-refractivity contribution >= 4 is 23.2 Å². The van der Waals surface area contributed by atoms with Gasteiger partial charge in [-0.05, 0) is 12.1 Å². The average molecular weight is 231 g/mol. The zero-order valence-corrected chi connectivity index (χ0v) is 8.93. The number of rotatable bonds is 2. The van der Waals surface area contributed by atoms with Crippen LogP contribution in [0.5, 0.6) is 5.75 Å². The molecule has 5 heteroatoms. The number of ether oxygens (including phenoxy) is 1. The molecule has 0 saturated heterocycles. The van der Waals surface area contributed by atoms with Crippen molar-refractivity contribution in [1.29, 1.82) is 5.26 Å². The molecule has 3 nitrogen and oxygen atoms in total. The monoisotopic (exact) mass is 230 g/mol. The molecular weight excluding hydrogens is 223 g/mol. The Morgan fingerprint density at radius 1 is 1.50 bits per heavy atom. The van der Waals surface area contributed by atoms with E-state index in [-0.39, 0.29) is 0 Å². The highest BCUT2D eigenvalue weighted by Crippen LogP contribution is 2.34. The van der Waals surface area contributed by atoms with Crippen LogP contribution in [0, 0.1) is 11.3 Å². The van der Waals surface area contributed by atoms with E-state index in [4.69, 9.17) is 38.9 Å². The Morgan fingerprint density at radius 2 is 2.14 bits per heavy atom. The molecule has 1 unspecified atom stereocenters. The van der Waals surface area contributed by atoms with Gasteiger partial charge in [0.25, 0.3) is 0 Å². The van der Waals surface area contributed by atoms with Gasteiger partial charge in [0.05, 0.1) is 18.2 Å². The molecular formula is C9H8Cl2N2O. The molecule has 0 fully saturated rings. The minimum Gasteiger partial charge on any atom is -0.495 e. The Labute approximate surface area is 92.0 Å². The fraction of sp³-hybridized carbons (Fsp3) is 0.222. The highest BCUT2D eigenvalue weighted by molar-refractivity contribution is 6.35. The quantitative estimate of drug-likeness (QED) is 0.850. The van der Waals surface area contributed by atoms with Crippen LogP contribution in [0.3, 0.4) is 0 Å². The first-order valence-electron chi connectivity index (χ1n) is 3.78. The summed E-state index contributed by atoms with van der Waals surface area (Å²) in [7, 11) is 1.46. The van der Waals surface area contributed by atoms with Crippen LogP contribution in [0.1, 0.15) is 11.6 Å². The molecule has 0 spiro atoms. The van der Waals surface area contributed by atoms with Crippen LogP contribution in [-0.2, 0) is 0 Å². The highest BCUT2D eigenvalue weighted by atomic mass is 35.5. The number of nitrogens with zero attached hydrogens (tertiary/aromatic N) is 1. The fourth-order valence-electron chi connectivity index (χ4n) is 1.10. The summed E-state index contributed by atoms with van der Waals surface area (Å²) in [6.45, 7) is 0. The summed E-state index contributed by atoms with van der Waals surface area (Å²) < 4.78 is 5.03. The highest BCUT2D eigenvalue weighted by Gasteiger charge is 2.15. The first kappa shape index (κ1) is 11.1. The summed E-state index contributed by atoms with van der Waals surface area (Å²) in [6.07, 6.45) is 0. The number of methoxy groups -OCH3 is 1. The third-order valence-electron chi connectivity index (χ3n) is 1.72. The predicted octanol–water partition coefficient (Wildman–Crippen LogP) is 2.53. The Balaban J connectivity index is 3.33. The molecule has 0 amide bonds. The summed E-state index contributed by atoms with van der Waals surface area (Å²) >= 11 is 11.6. The third-order valence-corrected chi connectivity index (χ3v) is 2.21. The van der Waals surface area contributed by atoms with Gasteiger partial charge >= 0.3 is 0 Å². The van der Waals surface area contributed by atoms with Crippen LogP contribution in [0.4, 0.5) is 0 Å². The predicted molar refractivity (Wildman–Crippen MR) is 55.6 cm³/mol. The molecule has 1 aromatic rings. The zero-order valence-electron chi connectivity index (χ0n) is 7.42. The molecule has 0 heterocycles. The molecule has 0 aliphatic heterocycles. The van der Waals surface area contributed by atoms with E-state index in [1.807, 2.05) is 6.07 Å². The largest absolute Gasteiger partial charge is 0.495 e. The van der Waals surface area contributed by atoms with E-state index in [1.165, 1.54) is 13.2 Å². The minimum atomic E-state index is -0.791. The van der Waals surface area contributed by atoms with Gasteiger partial charge in [-0.3, -0.25) is 0 Å². The minimum absolute atomic E-state index is 0.348. The number of hydrogen-bond donors (Lipinski definition) is 1. The molecule has 0 radical (unpaired) electrons. The van der Waals surface area contributed by atoms with Gasteiger partial charge in [0, 0.05) is 10.6 Å². The standard InChI is InChI=1S/C9H8Cl2N2O/c1-14-9-6(8(13)4-12)2-5(10)3-7(9)11/h2-3,8H,13H2,1H3. The molecule has 14 heavy (non-hydrogen) atoms. The van der Waals surface area contributed by atoms with Gasteiger partial charge in [0.2, 0.25) is 0 Å². The van der Waals surface area contributed by atoms with Crippen LogP contribution < -0.4 is 10.5 Å². The van der Waals surface area contributed by atoms with Gasteiger partial charge in [-0.15, -0.1) is 0 Å². The summed E-state index contributed by atoms with van der Waals surface area (Å²) in [5.74, 6) is 0.394. The van der Waals surface area contributed by atoms with Gasteiger partial charge in [0.1, 0.15) is 11.8 Å². The lowest BCUT2D eigenvalue weighted by Crippen LogP contribution is -2.09. The Bertz CT molecular complexity index is 387.